The second-order valence-corrected chi connectivity index (χ2v) is 7.20. The number of anilines is 2. The smallest absolute Gasteiger partial charge is 0.350 e. The topological polar surface area (TPSA) is 62.5 Å². The largest absolute Gasteiger partial charge is 0.433 e. The van der Waals surface area contributed by atoms with E-state index in [-0.39, 0.29) is 12.0 Å². The van der Waals surface area contributed by atoms with Crippen molar-refractivity contribution in [3.8, 4) is 0 Å². The van der Waals surface area contributed by atoms with Gasteiger partial charge in [-0.1, -0.05) is 0 Å². The molecule has 2 aliphatic heterocycles. The summed E-state index contributed by atoms with van der Waals surface area (Å²) in [5, 5.41) is 4.26. The van der Waals surface area contributed by atoms with Crippen LogP contribution in [0.15, 0.2) is 36.9 Å². The maximum absolute atomic E-state index is 13.0. The summed E-state index contributed by atoms with van der Waals surface area (Å²) in [5.41, 5.74) is 0.0178. The van der Waals surface area contributed by atoms with Crippen LogP contribution >= 0.6 is 0 Å². The van der Waals surface area contributed by atoms with Crippen LogP contribution < -0.4 is 9.80 Å². The molecule has 0 aliphatic carbocycles. The Morgan fingerprint density at radius 3 is 2.71 bits per heavy atom. The number of rotatable bonds is 2. The second-order valence-electron chi connectivity index (χ2n) is 7.20. The Balaban J connectivity index is 1.44. The third kappa shape index (κ3) is 2.83. The van der Waals surface area contributed by atoms with Crippen LogP contribution in [0.1, 0.15) is 18.5 Å². The molecule has 5 heterocycles. The number of halogens is 3. The zero-order valence-corrected chi connectivity index (χ0v) is 14.9. The van der Waals surface area contributed by atoms with Crippen LogP contribution in [-0.4, -0.2) is 50.2 Å². The molecule has 7 nitrogen and oxygen atoms in total. The minimum atomic E-state index is -4.48. The lowest BCUT2D eigenvalue weighted by Crippen LogP contribution is -2.49. The summed E-state index contributed by atoms with van der Waals surface area (Å²) in [5.74, 6) is 1.47. The molecule has 0 radical (unpaired) electrons. The van der Waals surface area contributed by atoms with E-state index in [4.69, 9.17) is 0 Å². The van der Waals surface area contributed by atoms with Gasteiger partial charge in [0.1, 0.15) is 11.2 Å². The van der Waals surface area contributed by atoms with Crippen molar-refractivity contribution in [1.82, 2.24) is 24.6 Å². The van der Waals surface area contributed by atoms with Crippen molar-refractivity contribution in [1.29, 1.82) is 0 Å². The van der Waals surface area contributed by atoms with E-state index in [1.807, 2.05) is 11.0 Å². The molecular weight excluding hydrogens is 371 g/mol. The highest BCUT2D eigenvalue weighted by Crippen LogP contribution is 2.37. The molecule has 0 aromatic carbocycles. The Labute approximate surface area is 158 Å². The van der Waals surface area contributed by atoms with Crippen LogP contribution in [0.2, 0.25) is 0 Å². The van der Waals surface area contributed by atoms with E-state index in [9.17, 15) is 13.2 Å². The first-order chi connectivity index (χ1) is 13.5. The normalized spacial score (nSPS) is 22.7. The van der Waals surface area contributed by atoms with Crippen molar-refractivity contribution >= 4 is 17.3 Å². The lowest BCUT2D eigenvalue weighted by atomic mass is 9.92. The number of piperidine rings is 1. The van der Waals surface area contributed by atoms with Crippen molar-refractivity contribution in [2.75, 3.05) is 29.4 Å². The predicted molar refractivity (Wildman–Crippen MR) is 96.1 cm³/mol. The van der Waals surface area contributed by atoms with Gasteiger partial charge in [0.05, 0.1) is 12.2 Å². The van der Waals surface area contributed by atoms with Crippen LogP contribution in [0.4, 0.5) is 24.9 Å². The van der Waals surface area contributed by atoms with Gasteiger partial charge in [-0.05, 0) is 30.9 Å². The van der Waals surface area contributed by atoms with Crippen molar-refractivity contribution < 1.29 is 13.2 Å². The minimum absolute atomic E-state index is 0.135. The van der Waals surface area contributed by atoms with Gasteiger partial charge in [-0.25, -0.2) is 19.5 Å². The van der Waals surface area contributed by atoms with E-state index in [0.717, 1.165) is 36.8 Å². The number of hydrogen-bond acceptors (Lipinski definition) is 6. The molecule has 2 unspecified atom stereocenters. The molecule has 10 heteroatoms. The number of fused-ring (bicyclic) bond motifs is 2. The fourth-order valence-electron chi connectivity index (χ4n) is 4.31. The highest BCUT2D eigenvalue weighted by molar-refractivity contribution is 5.69. The second kappa shape index (κ2) is 6.32. The van der Waals surface area contributed by atoms with Crippen molar-refractivity contribution in [3.63, 3.8) is 0 Å². The molecule has 3 aromatic heterocycles. The quantitative estimate of drug-likeness (QED) is 0.672. The van der Waals surface area contributed by atoms with Gasteiger partial charge in [-0.2, -0.15) is 18.3 Å². The van der Waals surface area contributed by atoms with Gasteiger partial charge in [0, 0.05) is 38.2 Å². The summed E-state index contributed by atoms with van der Waals surface area (Å²) < 4.78 is 40.8. The third-order valence-electron chi connectivity index (χ3n) is 5.65. The van der Waals surface area contributed by atoms with Crippen LogP contribution in [-0.2, 0) is 6.18 Å². The molecule has 0 spiro atoms. The van der Waals surface area contributed by atoms with Crippen LogP contribution in [0.25, 0.3) is 5.52 Å². The molecule has 5 rings (SSSR count). The maximum Gasteiger partial charge on any atom is 0.433 e. The van der Waals surface area contributed by atoms with Gasteiger partial charge in [0.15, 0.2) is 5.82 Å². The summed E-state index contributed by atoms with van der Waals surface area (Å²) in [4.78, 5) is 16.5. The number of alkyl halides is 3. The maximum atomic E-state index is 13.0. The van der Waals surface area contributed by atoms with E-state index in [1.54, 1.807) is 23.1 Å². The van der Waals surface area contributed by atoms with Crippen molar-refractivity contribution in [3.05, 3.63) is 42.6 Å². The fourth-order valence-corrected chi connectivity index (χ4v) is 4.31. The lowest BCUT2D eigenvalue weighted by Gasteiger charge is -2.39. The zero-order valence-electron chi connectivity index (χ0n) is 14.9. The minimum Gasteiger partial charge on any atom is -0.350 e. The Hall–Kier alpha value is -2.91. The molecule has 2 aliphatic rings. The molecule has 0 amide bonds. The zero-order chi connectivity index (χ0) is 19.3. The van der Waals surface area contributed by atoms with Crippen LogP contribution in [0.5, 0.6) is 0 Å². The van der Waals surface area contributed by atoms with Gasteiger partial charge >= 0.3 is 6.18 Å². The Kier molecular flexibility index (Phi) is 3.88. The van der Waals surface area contributed by atoms with E-state index in [0.29, 0.717) is 19.0 Å². The molecule has 28 heavy (non-hydrogen) atoms. The number of aromatic nitrogens is 5. The average molecular weight is 389 g/mol. The number of nitrogens with zero attached hydrogens (tertiary/aromatic N) is 7. The molecule has 0 saturated carbocycles. The van der Waals surface area contributed by atoms with Crippen molar-refractivity contribution in [2.45, 2.75) is 25.1 Å². The monoisotopic (exact) mass is 389 g/mol. The highest BCUT2D eigenvalue weighted by atomic mass is 19.4. The Morgan fingerprint density at radius 1 is 1.00 bits per heavy atom. The molecule has 3 aromatic rings. The first-order valence-electron chi connectivity index (χ1n) is 9.21. The lowest BCUT2D eigenvalue weighted by molar-refractivity contribution is -0.141. The van der Waals surface area contributed by atoms with Gasteiger partial charge in [-0.15, -0.1) is 0 Å². The Morgan fingerprint density at radius 2 is 1.86 bits per heavy atom. The first kappa shape index (κ1) is 17.2. The highest BCUT2D eigenvalue weighted by Gasteiger charge is 2.41. The van der Waals surface area contributed by atoms with Gasteiger partial charge < -0.3 is 9.80 Å². The average Bonchev–Trinajstić information content (AvgIpc) is 3.33. The van der Waals surface area contributed by atoms with E-state index in [2.05, 4.69) is 25.0 Å². The van der Waals surface area contributed by atoms with Crippen LogP contribution in [0, 0.1) is 5.92 Å². The molecule has 2 atom stereocenters. The van der Waals surface area contributed by atoms with Gasteiger partial charge in [0.2, 0.25) is 5.95 Å². The third-order valence-corrected chi connectivity index (χ3v) is 5.65. The van der Waals surface area contributed by atoms with Gasteiger partial charge in [-0.3, -0.25) is 0 Å². The molecule has 0 bridgehead atoms. The molecule has 2 fully saturated rings. The van der Waals surface area contributed by atoms with Crippen LogP contribution in [0.3, 0.4) is 0 Å². The molecular formula is C18H18F3N7. The van der Waals surface area contributed by atoms with E-state index >= 15 is 0 Å². The van der Waals surface area contributed by atoms with Gasteiger partial charge in [0.25, 0.3) is 0 Å². The summed E-state index contributed by atoms with van der Waals surface area (Å²) in [6, 6.07) is 2.98. The summed E-state index contributed by atoms with van der Waals surface area (Å²) in [7, 11) is 0. The Bertz CT molecular complexity index is 1000. The standard InChI is InChI=1S/C18H18F3N7/c19-18(20,21)15-2-5-23-17(25-15)26-8-3-12-4-9-27(14(12)11-26)16-13-1-6-24-28(13)10-7-22-16/h1-2,5-7,10,12,14H,3-4,8-9,11H2. The van der Waals surface area contributed by atoms with E-state index < -0.39 is 11.9 Å². The molecule has 0 N–H and O–H groups in total. The summed E-state index contributed by atoms with van der Waals surface area (Å²) in [6.07, 6.45) is 3.89. The molecule has 146 valence electrons. The summed E-state index contributed by atoms with van der Waals surface area (Å²) in [6.45, 7) is 2.09. The summed E-state index contributed by atoms with van der Waals surface area (Å²) >= 11 is 0. The van der Waals surface area contributed by atoms with Crippen molar-refractivity contribution in [2.24, 2.45) is 5.92 Å². The fraction of sp³-hybridized carbons (Fsp3) is 0.444. The van der Waals surface area contributed by atoms with E-state index in [1.165, 1.54) is 6.20 Å². The number of hydrogen-bond donors (Lipinski definition) is 0. The predicted octanol–water partition coefficient (Wildman–Crippen LogP) is 2.64. The first-order valence-corrected chi connectivity index (χ1v) is 9.21. The molecule has 2 saturated heterocycles. The SMILES string of the molecule is FC(F)(F)c1ccnc(N2CCC3CCN(c4nccn5nccc45)C3C2)n1.